The Kier molecular flexibility index (Phi) is 4.24. The molecular weight excluding hydrogens is 284 g/mol. The van der Waals surface area contributed by atoms with Gasteiger partial charge >= 0.3 is 0 Å². The largest absolute Gasteiger partial charge is 0.451 e. The highest BCUT2D eigenvalue weighted by Gasteiger charge is 2.28. The number of aryl methyl sites for hydroxylation is 1. The molecule has 1 aliphatic heterocycles. The third kappa shape index (κ3) is 2.64. The third-order valence-electron chi connectivity index (χ3n) is 3.86. The van der Waals surface area contributed by atoms with Crippen LogP contribution in [-0.2, 0) is 29.0 Å². The average molecular weight is 304 g/mol. The van der Waals surface area contributed by atoms with Crippen molar-refractivity contribution in [2.24, 2.45) is 0 Å². The van der Waals surface area contributed by atoms with Crippen molar-refractivity contribution >= 4 is 5.91 Å². The predicted octanol–water partition coefficient (Wildman–Crippen LogP) is 1.48. The van der Waals surface area contributed by atoms with Gasteiger partial charge in [-0.05, 0) is 6.42 Å². The van der Waals surface area contributed by atoms with Crippen LogP contribution in [0, 0.1) is 0 Å². The summed E-state index contributed by atoms with van der Waals surface area (Å²) in [5.41, 5.74) is 3.79. The summed E-state index contributed by atoms with van der Waals surface area (Å²) in [6, 6.07) is 0. The molecule has 2 aromatic heterocycles. The normalized spacial score (nSPS) is 14.2. The minimum absolute atomic E-state index is 0.00231. The summed E-state index contributed by atoms with van der Waals surface area (Å²) in [7, 11) is 1.54. The summed E-state index contributed by atoms with van der Waals surface area (Å²) in [6.45, 7) is 4.34. The summed E-state index contributed by atoms with van der Waals surface area (Å²) in [5.74, 6) is 0.00231. The number of carbonyl (C=O) groups excluding carboxylic acids is 1. The first kappa shape index (κ1) is 14.8. The van der Waals surface area contributed by atoms with Crippen LogP contribution in [0.2, 0.25) is 0 Å². The summed E-state index contributed by atoms with van der Waals surface area (Å²) < 4.78 is 12.1. The quantitative estimate of drug-likeness (QED) is 0.836. The van der Waals surface area contributed by atoms with Crippen molar-refractivity contribution in [1.82, 2.24) is 19.7 Å². The number of hydrogen-bond donors (Lipinski definition) is 0. The van der Waals surface area contributed by atoms with Gasteiger partial charge in [0.2, 0.25) is 5.91 Å². The molecule has 0 atom stereocenters. The molecule has 0 N–H and O–H groups in total. The monoisotopic (exact) mass is 304 g/mol. The second-order valence-corrected chi connectivity index (χ2v) is 5.37. The molecule has 0 bridgehead atoms. The molecule has 3 heterocycles. The molecule has 0 aromatic carbocycles. The molecule has 118 valence electrons. The van der Waals surface area contributed by atoms with Crippen LogP contribution in [0.5, 0.6) is 0 Å². The number of aromatic nitrogens is 3. The van der Waals surface area contributed by atoms with Crippen LogP contribution >= 0.6 is 0 Å². The van der Waals surface area contributed by atoms with Gasteiger partial charge in [0, 0.05) is 44.4 Å². The highest BCUT2D eigenvalue weighted by Crippen LogP contribution is 2.29. The van der Waals surface area contributed by atoms with Crippen LogP contribution in [0.15, 0.2) is 17.1 Å². The fourth-order valence-electron chi connectivity index (χ4n) is 2.85. The lowest BCUT2D eigenvalue weighted by Gasteiger charge is -2.27. The number of amides is 1. The Morgan fingerprint density at radius 2 is 2.36 bits per heavy atom. The average Bonchev–Trinajstić information content (AvgIpc) is 3.15. The van der Waals surface area contributed by atoms with Crippen molar-refractivity contribution in [3.05, 3.63) is 23.9 Å². The van der Waals surface area contributed by atoms with Gasteiger partial charge in [0.15, 0.2) is 6.39 Å². The zero-order valence-electron chi connectivity index (χ0n) is 12.9. The van der Waals surface area contributed by atoms with Crippen LogP contribution < -0.4 is 0 Å². The zero-order valence-corrected chi connectivity index (χ0v) is 12.9. The smallest absolute Gasteiger partial charge is 0.248 e. The van der Waals surface area contributed by atoms with Gasteiger partial charge < -0.3 is 14.1 Å². The van der Waals surface area contributed by atoms with E-state index in [2.05, 4.69) is 17.0 Å². The van der Waals surface area contributed by atoms with E-state index in [4.69, 9.17) is 9.15 Å². The van der Waals surface area contributed by atoms with Gasteiger partial charge in [-0.3, -0.25) is 9.48 Å². The number of nitrogens with zero attached hydrogens (tertiary/aromatic N) is 4. The Balaban J connectivity index is 1.95. The molecule has 0 spiro atoms. The number of methoxy groups -OCH3 is 1. The van der Waals surface area contributed by atoms with Crippen LogP contribution in [0.4, 0.5) is 0 Å². The maximum Gasteiger partial charge on any atom is 0.248 e. The Labute approximate surface area is 128 Å². The summed E-state index contributed by atoms with van der Waals surface area (Å²) >= 11 is 0. The minimum Gasteiger partial charge on any atom is -0.451 e. The summed E-state index contributed by atoms with van der Waals surface area (Å²) in [4.78, 5) is 18.1. The van der Waals surface area contributed by atoms with Crippen molar-refractivity contribution in [3.8, 4) is 11.4 Å². The van der Waals surface area contributed by atoms with Crippen molar-refractivity contribution in [2.45, 2.75) is 32.9 Å². The Morgan fingerprint density at radius 1 is 1.50 bits per heavy atom. The Bertz CT molecular complexity index is 648. The molecule has 2 aromatic rings. The van der Waals surface area contributed by atoms with E-state index in [-0.39, 0.29) is 12.5 Å². The number of oxazole rings is 1. The van der Waals surface area contributed by atoms with E-state index >= 15 is 0 Å². The molecule has 0 saturated carbocycles. The second kappa shape index (κ2) is 6.31. The summed E-state index contributed by atoms with van der Waals surface area (Å²) in [6.07, 6.45) is 4.81. The molecule has 7 nitrogen and oxygen atoms in total. The molecular formula is C15H20N4O3. The van der Waals surface area contributed by atoms with E-state index < -0.39 is 0 Å². The molecule has 7 heteroatoms. The number of rotatable bonds is 5. The van der Waals surface area contributed by atoms with Gasteiger partial charge in [0.1, 0.15) is 24.3 Å². The van der Waals surface area contributed by atoms with Crippen molar-refractivity contribution in [1.29, 1.82) is 0 Å². The van der Waals surface area contributed by atoms with E-state index in [1.807, 2.05) is 9.58 Å². The molecule has 3 rings (SSSR count). The fraction of sp³-hybridized carbons (Fsp3) is 0.533. The first-order chi connectivity index (χ1) is 10.7. The number of fused-ring (bicyclic) bond motifs is 1. The SMILES string of the molecule is CCCn1nc(-c2cocn2)c2c1CCN(C(=O)COC)C2. The summed E-state index contributed by atoms with van der Waals surface area (Å²) in [5, 5.41) is 4.69. The lowest BCUT2D eigenvalue weighted by molar-refractivity contribution is -0.136. The molecule has 0 saturated heterocycles. The molecule has 0 radical (unpaired) electrons. The van der Waals surface area contributed by atoms with Gasteiger partial charge in [-0.1, -0.05) is 6.92 Å². The topological polar surface area (TPSA) is 73.4 Å². The molecule has 0 aliphatic carbocycles. The van der Waals surface area contributed by atoms with Gasteiger partial charge in [-0.15, -0.1) is 0 Å². The van der Waals surface area contributed by atoms with E-state index in [9.17, 15) is 4.79 Å². The van der Waals surface area contributed by atoms with Gasteiger partial charge in [0.05, 0.1) is 0 Å². The Hall–Kier alpha value is -2.15. The molecule has 1 amide bonds. The standard InChI is InChI=1S/C15H20N4O3/c1-3-5-19-13-4-6-18(14(20)9-21-2)7-11(13)15(17-19)12-8-22-10-16-12/h8,10H,3-7,9H2,1-2H3. The molecule has 1 aliphatic rings. The van der Waals surface area contributed by atoms with E-state index in [0.29, 0.717) is 18.8 Å². The highest BCUT2D eigenvalue weighted by molar-refractivity contribution is 5.78. The van der Waals surface area contributed by atoms with Crippen molar-refractivity contribution in [3.63, 3.8) is 0 Å². The first-order valence-electron chi connectivity index (χ1n) is 7.48. The van der Waals surface area contributed by atoms with E-state index in [1.54, 1.807) is 6.26 Å². The number of carbonyl (C=O) groups is 1. The predicted molar refractivity (Wildman–Crippen MR) is 79.0 cm³/mol. The highest BCUT2D eigenvalue weighted by atomic mass is 16.5. The lowest BCUT2D eigenvalue weighted by Crippen LogP contribution is -2.38. The van der Waals surface area contributed by atoms with Crippen molar-refractivity contribution < 1.29 is 13.9 Å². The number of ether oxygens (including phenoxy) is 1. The molecule has 0 fully saturated rings. The maximum absolute atomic E-state index is 12.1. The minimum atomic E-state index is 0.00231. The van der Waals surface area contributed by atoms with Crippen LogP contribution in [0.3, 0.4) is 0 Å². The lowest BCUT2D eigenvalue weighted by atomic mass is 10.0. The van der Waals surface area contributed by atoms with Gasteiger partial charge in [-0.2, -0.15) is 5.10 Å². The zero-order chi connectivity index (χ0) is 15.5. The number of hydrogen-bond acceptors (Lipinski definition) is 5. The molecule has 22 heavy (non-hydrogen) atoms. The van der Waals surface area contributed by atoms with Crippen LogP contribution in [0.1, 0.15) is 24.6 Å². The second-order valence-electron chi connectivity index (χ2n) is 5.37. The Morgan fingerprint density at radius 3 is 3.05 bits per heavy atom. The fourth-order valence-corrected chi connectivity index (χ4v) is 2.85. The maximum atomic E-state index is 12.1. The van der Waals surface area contributed by atoms with Crippen molar-refractivity contribution in [2.75, 3.05) is 20.3 Å². The van der Waals surface area contributed by atoms with Crippen LogP contribution in [-0.4, -0.2) is 45.8 Å². The van der Waals surface area contributed by atoms with E-state index in [1.165, 1.54) is 19.2 Å². The van der Waals surface area contributed by atoms with Crippen LogP contribution in [0.25, 0.3) is 11.4 Å². The molecule has 0 unspecified atom stereocenters. The third-order valence-corrected chi connectivity index (χ3v) is 3.86. The van der Waals surface area contributed by atoms with Gasteiger partial charge in [-0.25, -0.2) is 4.98 Å². The first-order valence-corrected chi connectivity index (χ1v) is 7.48. The van der Waals surface area contributed by atoms with E-state index in [0.717, 1.165) is 30.6 Å². The van der Waals surface area contributed by atoms with Gasteiger partial charge in [0.25, 0.3) is 0 Å².